The van der Waals surface area contributed by atoms with Crippen LogP contribution in [-0.2, 0) is 11.2 Å². The minimum Gasteiger partial charge on any atom is -0.489 e. The van der Waals surface area contributed by atoms with Crippen LogP contribution in [0.25, 0.3) is 0 Å². The molecular weight excluding hydrogens is 289 g/mol. The van der Waals surface area contributed by atoms with E-state index >= 15 is 0 Å². The van der Waals surface area contributed by atoms with Crippen LogP contribution < -0.4 is 9.47 Å². The van der Waals surface area contributed by atoms with Crippen molar-refractivity contribution < 1.29 is 37.5 Å². The minimum atomic E-state index is -5.12. The van der Waals surface area contributed by atoms with Gasteiger partial charge in [0, 0.05) is 0 Å². The molecule has 0 saturated heterocycles. The van der Waals surface area contributed by atoms with Crippen molar-refractivity contribution in [3.63, 3.8) is 0 Å². The Kier molecular flexibility index (Phi) is 4.32. The molecule has 0 bridgehead atoms. The highest BCUT2D eigenvalue weighted by molar-refractivity contribution is 5.72. The third-order valence-corrected chi connectivity index (χ3v) is 1.94. The SMILES string of the molecule is COc1c([N+](=O)[O-])cc(OC(F)(F)F)nc1CC(=O)O. The van der Waals surface area contributed by atoms with Crippen LogP contribution in [0.15, 0.2) is 6.07 Å². The van der Waals surface area contributed by atoms with E-state index in [0.29, 0.717) is 6.07 Å². The van der Waals surface area contributed by atoms with Gasteiger partial charge in [0.15, 0.2) is 0 Å². The maximum atomic E-state index is 12.1. The number of halogens is 3. The number of nitro groups is 1. The molecule has 1 aromatic rings. The molecule has 0 saturated carbocycles. The lowest BCUT2D eigenvalue weighted by Crippen LogP contribution is -2.19. The van der Waals surface area contributed by atoms with Gasteiger partial charge in [-0.15, -0.1) is 13.2 Å². The van der Waals surface area contributed by atoms with Gasteiger partial charge in [0.2, 0.25) is 11.6 Å². The van der Waals surface area contributed by atoms with E-state index in [1.54, 1.807) is 0 Å². The van der Waals surface area contributed by atoms with Crippen LogP contribution in [0.3, 0.4) is 0 Å². The molecule has 0 aliphatic carbocycles. The number of hydrogen-bond acceptors (Lipinski definition) is 6. The molecule has 11 heteroatoms. The van der Waals surface area contributed by atoms with Gasteiger partial charge in [0.05, 0.1) is 24.5 Å². The Balaban J connectivity index is 3.39. The van der Waals surface area contributed by atoms with Crippen LogP contribution in [0.1, 0.15) is 5.69 Å². The Morgan fingerprint density at radius 2 is 2.15 bits per heavy atom. The molecule has 0 unspecified atom stereocenters. The number of hydrogen-bond donors (Lipinski definition) is 1. The van der Waals surface area contributed by atoms with Crippen LogP contribution in [-0.4, -0.2) is 34.5 Å². The predicted molar refractivity (Wildman–Crippen MR) is 55.5 cm³/mol. The van der Waals surface area contributed by atoms with E-state index in [1.165, 1.54) is 0 Å². The molecule has 0 aromatic carbocycles. The first-order valence-corrected chi connectivity index (χ1v) is 4.84. The molecule has 0 spiro atoms. The molecular formula is C9H7F3N2O6. The van der Waals surface area contributed by atoms with Crippen molar-refractivity contribution in [1.82, 2.24) is 4.98 Å². The summed E-state index contributed by atoms with van der Waals surface area (Å²) >= 11 is 0. The lowest BCUT2D eigenvalue weighted by molar-refractivity contribution is -0.386. The quantitative estimate of drug-likeness (QED) is 0.647. The second-order valence-electron chi connectivity index (χ2n) is 3.33. The standard InChI is InChI=1S/C9H7F3N2O6/c1-19-8-4(2-7(15)16)13-6(20-9(10,11)12)3-5(8)14(17)18/h3H,2H2,1H3,(H,15,16). The molecule has 0 amide bonds. The molecule has 0 aliphatic heterocycles. The largest absolute Gasteiger partial charge is 0.574 e. The Morgan fingerprint density at radius 1 is 1.55 bits per heavy atom. The van der Waals surface area contributed by atoms with E-state index in [2.05, 4.69) is 14.5 Å². The van der Waals surface area contributed by atoms with E-state index in [9.17, 15) is 28.1 Å². The van der Waals surface area contributed by atoms with Crippen molar-refractivity contribution in [2.45, 2.75) is 12.8 Å². The fourth-order valence-electron chi connectivity index (χ4n) is 1.34. The van der Waals surface area contributed by atoms with E-state index in [4.69, 9.17) is 5.11 Å². The number of methoxy groups -OCH3 is 1. The maximum absolute atomic E-state index is 12.1. The van der Waals surface area contributed by atoms with Crippen molar-refractivity contribution in [3.05, 3.63) is 21.9 Å². The number of carboxylic acids is 1. The molecule has 1 aromatic heterocycles. The third-order valence-electron chi connectivity index (χ3n) is 1.94. The number of carboxylic acid groups (broad SMARTS) is 1. The molecule has 0 aliphatic rings. The minimum absolute atomic E-state index is 0.400. The second kappa shape index (κ2) is 5.59. The van der Waals surface area contributed by atoms with Gasteiger partial charge in [-0.3, -0.25) is 14.9 Å². The fourth-order valence-corrected chi connectivity index (χ4v) is 1.34. The zero-order chi connectivity index (χ0) is 15.5. The summed E-state index contributed by atoms with van der Waals surface area (Å²) in [6, 6.07) is 0.400. The number of alkyl halides is 3. The second-order valence-corrected chi connectivity index (χ2v) is 3.33. The molecule has 1 rings (SSSR count). The normalized spacial score (nSPS) is 11.0. The summed E-state index contributed by atoms with van der Waals surface area (Å²) in [7, 11) is 1.000. The number of carbonyl (C=O) groups is 1. The van der Waals surface area contributed by atoms with Crippen LogP contribution >= 0.6 is 0 Å². The number of aromatic nitrogens is 1. The summed E-state index contributed by atoms with van der Waals surface area (Å²) in [4.78, 5) is 23.6. The average molecular weight is 296 g/mol. The van der Waals surface area contributed by atoms with Gasteiger partial charge in [0.25, 0.3) is 0 Å². The first-order chi connectivity index (χ1) is 9.14. The van der Waals surface area contributed by atoms with Crippen LogP contribution in [0, 0.1) is 10.1 Å². The number of aliphatic carboxylic acids is 1. The smallest absolute Gasteiger partial charge is 0.489 e. The number of pyridine rings is 1. The number of rotatable bonds is 5. The predicted octanol–water partition coefficient (Wildman–Crippen LogP) is 1.52. The highest BCUT2D eigenvalue weighted by Gasteiger charge is 2.34. The molecule has 110 valence electrons. The molecule has 0 radical (unpaired) electrons. The Bertz CT molecular complexity index is 545. The van der Waals surface area contributed by atoms with E-state index in [0.717, 1.165) is 7.11 Å². The Morgan fingerprint density at radius 3 is 2.55 bits per heavy atom. The summed E-state index contributed by atoms with van der Waals surface area (Å²) in [5.41, 5.74) is -1.42. The number of nitrogens with zero attached hydrogens (tertiary/aromatic N) is 2. The summed E-state index contributed by atoms with van der Waals surface area (Å²) in [6.45, 7) is 0. The van der Waals surface area contributed by atoms with Gasteiger partial charge in [0.1, 0.15) is 5.69 Å². The molecule has 20 heavy (non-hydrogen) atoms. The fraction of sp³-hybridized carbons (Fsp3) is 0.333. The maximum Gasteiger partial charge on any atom is 0.574 e. The third kappa shape index (κ3) is 3.96. The van der Waals surface area contributed by atoms with Gasteiger partial charge >= 0.3 is 18.0 Å². The van der Waals surface area contributed by atoms with Crippen molar-refractivity contribution in [2.75, 3.05) is 7.11 Å². The van der Waals surface area contributed by atoms with E-state index in [1.807, 2.05) is 0 Å². The van der Waals surface area contributed by atoms with Crippen LogP contribution in [0.4, 0.5) is 18.9 Å². The van der Waals surface area contributed by atoms with Gasteiger partial charge in [-0.05, 0) is 0 Å². The van der Waals surface area contributed by atoms with Crippen LogP contribution in [0.2, 0.25) is 0 Å². The summed E-state index contributed by atoms with van der Waals surface area (Å²) < 4.78 is 44.3. The molecule has 1 N–H and O–H groups in total. The zero-order valence-corrected chi connectivity index (χ0v) is 9.80. The molecule has 8 nitrogen and oxygen atoms in total. The Hall–Kier alpha value is -2.59. The average Bonchev–Trinajstić information content (AvgIpc) is 2.25. The molecule has 0 fully saturated rings. The van der Waals surface area contributed by atoms with Gasteiger partial charge in [-0.2, -0.15) is 0 Å². The first kappa shape index (κ1) is 15.5. The van der Waals surface area contributed by atoms with Gasteiger partial charge in [-0.25, -0.2) is 4.98 Å². The zero-order valence-electron chi connectivity index (χ0n) is 9.80. The highest BCUT2D eigenvalue weighted by Crippen LogP contribution is 2.34. The monoisotopic (exact) mass is 296 g/mol. The van der Waals surface area contributed by atoms with Crippen molar-refractivity contribution in [1.29, 1.82) is 0 Å². The number of ether oxygens (including phenoxy) is 2. The summed E-state index contributed by atoms with van der Waals surface area (Å²) in [6.07, 6.45) is -5.98. The van der Waals surface area contributed by atoms with Crippen molar-refractivity contribution in [3.8, 4) is 11.6 Å². The summed E-state index contributed by atoms with van der Waals surface area (Å²) in [5, 5.41) is 19.4. The van der Waals surface area contributed by atoms with Crippen molar-refractivity contribution in [2.24, 2.45) is 0 Å². The highest BCUT2D eigenvalue weighted by atomic mass is 19.4. The summed E-state index contributed by atoms with van der Waals surface area (Å²) in [5.74, 6) is -3.12. The van der Waals surface area contributed by atoms with E-state index < -0.39 is 46.7 Å². The lowest BCUT2D eigenvalue weighted by Gasteiger charge is -2.11. The first-order valence-electron chi connectivity index (χ1n) is 4.84. The van der Waals surface area contributed by atoms with Gasteiger partial charge < -0.3 is 14.6 Å². The van der Waals surface area contributed by atoms with Crippen LogP contribution in [0.5, 0.6) is 11.6 Å². The topological polar surface area (TPSA) is 112 Å². The van der Waals surface area contributed by atoms with Crippen molar-refractivity contribution >= 4 is 11.7 Å². The van der Waals surface area contributed by atoms with Gasteiger partial charge in [-0.1, -0.05) is 0 Å². The molecule has 0 atom stereocenters. The Labute approximate surface area is 108 Å². The van der Waals surface area contributed by atoms with E-state index in [-0.39, 0.29) is 0 Å². The lowest BCUT2D eigenvalue weighted by atomic mass is 10.2. The molecule has 1 heterocycles.